The molecule has 1 saturated carbocycles. The molecule has 3 nitrogen and oxygen atoms in total. The van der Waals surface area contributed by atoms with Gasteiger partial charge in [0.15, 0.2) is 4.75 Å². The highest BCUT2D eigenvalue weighted by molar-refractivity contribution is 7.93. The molecule has 0 radical (unpaired) electrons. The van der Waals surface area contributed by atoms with Crippen LogP contribution >= 0.6 is 0 Å². The molecule has 0 bridgehead atoms. The molecule has 2 unspecified atom stereocenters. The number of halogens is 1. The minimum absolute atomic E-state index is 0.183. The van der Waals surface area contributed by atoms with E-state index in [1.165, 1.54) is 18.2 Å². The zero-order chi connectivity index (χ0) is 12.7. The Hall–Kier alpha value is -1.41. The minimum Gasteiger partial charge on any atom is -0.222 e. The van der Waals surface area contributed by atoms with Crippen LogP contribution in [0.3, 0.4) is 0 Å². The first-order valence-electron chi connectivity index (χ1n) is 5.40. The molecule has 2 rings (SSSR count). The van der Waals surface area contributed by atoms with Gasteiger partial charge in [-0.1, -0.05) is 25.5 Å². The number of rotatable bonds is 3. The highest BCUT2D eigenvalue weighted by Crippen LogP contribution is 2.54. The van der Waals surface area contributed by atoms with Crippen molar-refractivity contribution in [3.8, 4) is 6.07 Å². The van der Waals surface area contributed by atoms with E-state index in [1.54, 1.807) is 0 Å². The van der Waals surface area contributed by atoms with Crippen molar-refractivity contribution in [2.24, 2.45) is 5.92 Å². The lowest BCUT2D eigenvalue weighted by atomic mass is 10.3. The maximum atomic E-state index is 13.5. The third-order valence-corrected chi connectivity index (χ3v) is 5.80. The molecule has 0 heterocycles. The van der Waals surface area contributed by atoms with Gasteiger partial charge in [0.2, 0.25) is 9.84 Å². The van der Waals surface area contributed by atoms with Crippen LogP contribution in [0, 0.1) is 23.1 Å². The minimum atomic E-state index is -3.91. The Labute approximate surface area is 99.8 Å². The van der Waals surface area contributed by atoms with Crippen molar-refractivity contribution in [2.75, 3.05) is 0 Å². The van der Waals surface area contributed by atoms with Crippen LogP contribution < -0.4 is 0 Å². The quantitative estimate of drug-likeness (QED) is 0.830. The van der Waals surface area contributed by atoms with Crippen LogP contribution in [0.15, 0.2) is 29.2 Å². The van der Waals surface area contributed by atoms with Gasteiger partial charge in [0, 0.05) is 0 Å². The Kier molecular flexibility index (Phi) is 2.70. The van der Waals surface area contributed by atoms with E-state index in [1.807, 2.05) is 13.0 Å². The van der Waals surface area contributed by atoms with Gasteiger partial charge in [0.25, 0.3) is 0 Å². The average Bonchev–Trinajstić information content (AvgIpc) is 3.05. The van der Waals surface area contributed by atoms with E-state index >= 15 is 0 Å². The fourth-order valence-electron chi connectivity index (χ4n) is 2.17. The third kappa shape index (κ3) is 1.55. The molecule has 1 aliphatic carbocycles. The molecule has 0 saturated heterocycles. The molecular weight excluding hydrogens is 241 g/mol. The van der Waals surface area contributed by atoms with E-state index in [-0.39, 0.29) is 10.8 Å². The summed E-state index contributed by atoms with van der Waals surface area (Å²) in [6, 6.07) is 7.07. The summed E-state index contributed by atoms with van der Waals surface area (Å²) in [6.07, 6.45) is 0.915. The summed E-state index contributed by atoms with van der Waals surface area (Å²) in [4.78, 5) is -0.363. The Morgan fingerprint density at radius 3 is 2.65 bits per heavy atom. The van der Waals surface area contributed by atoms with Crippen LogP contribution in [0.25, 0.3) is 0 Å². The van der Waals surface area contributed by atoms with Crippen molar-refractivity contribution >= 4 is 9.84 Å². The van der Waals surface area contributed by atoms with Gasteiger partial charge in [-0.25, -0.2) is 12.8 Å². The molecular formula is C12H12FNO2S. The number of nitriles is 1. The predicted octanol–water partition coefficient (Wildman–Crippen LogP) is 2.29. The van der Waals surface area contributed by atoms with Crippen LogP contribution in [-0.4, -0.2) is 13.2 Å². The topological polar surface area (TPSA) is 57.9 Å². The van der Waals surface area contributed by atoms with Crippen molar-refractivity contribution in [3.05, 3.63) is 30.1 Å². The Bertz CT molecular complexity index is 591. The number of benzene rings is 1. The third-order valence-electron chi connectivity index (χ3n) is 3.34. The van der Waals surface area contributed by atoms with Crippen molar-refractivity contribution in [1.29, 1.82) is 5.26 Å². The van der Waals surface area contributed by atoms with Crippen LogP contribution in [0.1, 0.15) is 19.8 Å². The van der Waals surface area contributed by atoms with Gasteiger partial charge in [-0.2, -0.15) is 5.26 Å². The second-order valence-electron chi connectivity index (χ2n) is 4.24. The van der Waals surface area contributed by atoms with Gasteiger partial charge in [-0.15, -0.1) is 0 Å². The average molecular weight is 253 g/mol. The summed E-state index contributed by atoms with van der Waals surface area (Å²) in [5.74, 6) is -0.971. The molecule has 0 aromatic heterocycles. The molecule has 0 N–H and O–H groups in total. The van der Waals surface area contributed by atoms with E-state index in [4.69, 9.17) is 5.26 Å². The number of hydrogen-bond acceptors (Lipinski definition) is 3. The van der Waals surface area contributed by atoms with Gasteiger partial charge in [-0.3, -0.25) is 0 Å². The van der Waals surface area contributed by atoms with E-state index in [0.717, 1.165) is 6.07 Å². The van der Waals surface area contributed by atoms with Gasteiger partial charge in [0.05, 0.1) is 6.07 Å². The van der Waals surface area contributed by atoms with Gasteiger partial charge < -0.3 is 0 Å². The van der Waals surface area contributed by atoms with Crippen LogP contribution in [0.5, 0.6) is 0 Å². The summed E-state index contributed by atoms with van der Waals surface area (Å²) in [5, 5.41) is 9.09. The second-order valence-corrected chi connectivity index (χ2v) is 6.42. The molecule has 1 fully saturated rings. The zero-order valence-corrected chi connectivity index (χ0v) is 10.2. The number of sulfone groups is 1. The van der Waals surface area contributed by atoms with Gasteiger partial charge >= 0.3 is 0 Å². The molecule has 1 aliphatic rings. The molecule has 2 atom stereocenters. The van der Waals surface area contributed by atoms with Crippen LogP contribution in [-0.2, 0) is 9.84 Å². The lowest BCUT2D eigenvalue weighted by Crippen LogP contribution is -2.25. The lowest BCUT2D eigenvalue weighted by Gasteiger charge is -2.10. The van der Waals surface area contributed by atoms with Crippen molar-refractivity contribution in [1.82, 2.24) is 0 Å². The SMILES string of the molecule is CCC1CC1(C#N)S(=O)(=O)c1ccccc1F. The highest BCUT2D eigenvalue weighted by atomic mass is 32.2. The summed E-state index contributed by atoms with van der Waals surface area (Å²) >= 11 is 0. The predicted molar refractivity (Wildman–Crippen MR) is 60.3 cm³/mol. The smallest absolute Gasteiger partial charge is 0.200 e. The maximum Gasteiger partial charge on any atom is 0.200 e. The zero-order valence-electron chi connectivity index (χ0n) is 9.35. The van der Waals surface area contributed by atoms with E-state index < -0.39 is 20.4 Å². The first-order valence-corrected chi connectivity index (χ1v) is 6.88. The summed E-state index contributed by atoms with van der Waals surface area (Å²) in [6.45, 7) is 1.83. The summed E-state index contributed by atoms with van der Waals surface area (Å²) in [7, 11) is -3.91. The summed E-state index contributed by atoms with van der Waals surface area (Å²) < 4.78 is 36.7. The van der Waals surface area contributed by atoms with Gasteiger partial charge in [0.1, 0.15) is 10.7 Å². The molecule has 5 heteroatoms. The van der Waals surface area contributed by atoms with Crippen molar-refractivity contribution < 1.29 is 12.8 Å². The first-order chi connectivity index (χ1) is 7.99. The Morgan fingerprint density at radius 2 is 2.18 bits per heavy atom. The molecule has 1 aromatic rings. The normalized spacial score (nSPS) is 27.5. The highest BCUT2D eigenvalue weighted by Gasteiger charge is 2.64. The van der Waals surface area contributed by atoms with E-state index in [2.05, 4.69) is 0 Å². The standard InChI is InChI=1S/C12H12FNO2S/c1-2-9-7-12(9,8-14)17(15,16)11-6-4-3-5-10(11)13/h3-6,9H,2,7H2,1H3. The van der Waals surface area contributed by atoms with E-state index in [9.17, 15) is 12.8 Å². The summed E-state index contributed by atoms with van der Waals surface area (Å²) in [5.41, 5.74) is 0. The first kappa shape index (κ1) is 12.1. The second kappa shape index (κ2) is 3.81. The molecule has 0 amide bonds. The Morgan fingerprint density at radius 1 is 1.53 bits per heavy atom. The van der Waals surface area contributed by atoms with Crippen molar-refractivity contribution in [2.45, 2.75) is 29.4 Å². The number of nitrogens with zero attached hydrogens (tertiary/aromatic N) is 1. The van der Waals surface area contributed by atoms with Gasteiger partial charge in [-0.05, 0) is 24.5 Å². The Balaban J connectivity index is 2.54. The molecule has 1 aromatic carbocycles. The van der Waals surface area contributed by atoms with E-state index in [0.29, 0.717) is 12.8 Å². The van der Waals surface area contributed by atoms with Crippen molar-refractivity contribution in [3.63, 3.8) is 0 Å². The number of hydrogen-bond donors (Lipinski definition) is 0. The maximum absolute atomic E-state index is 13.5. The monoisotopic (exact) mass is 253 g/mol. The molecule has 0 aliphatic heterocycles. The van der Waals surface area contributed by atoms with Crippen LogP contribution in [0.4, 0.5) is 4.39 Å². The largest absolute Gasteiger partial charge is 0.222 e. The lowest BCUT2D eigenvalue weighted by molar-refractivity contribution is 0.557. The molecule has 0 spiro atoms. The molecule has 90 valence electrons. The fraction of sp³-hybridized carbons (Fsp3) is 0.417. The fourth-order valence-corrected chi connectivity index (χ4v) is 4.29. The van der Waals surface area contributed by atoms with Crippen LogP contribution in [0.2, 0.25) is 0 Å². The molecule has 17 heavy (non-hydrogen) atoms.